The van der Waals surface area contributed by atoms with Crippen LogP contribution in [0.15, 0.2) is 36.7 Å². The van der Waals surface area contributed by atoms with Crippen LogP contribution in [0.25, 0.3) is 11.4 Å². The molecule has 2 amide bonds. The number of carbonyl (C=O) groups excluding carboxylic acids is 2. The first-order valence-electron chi connectivity index (χ1n) is 10.2. The first kappa shape index (κ1) is 22.6. The minimum absolute atomic E-state index is 0.151. The number of halogens is 1. The van der Waals surface area contributed by atoms with E-state index in [0.29, 0.717) is 35.5 Å². The monoisotopic (exact) mass is 471 g/mol. The molecule has 1 saturated carbocycles. The number of aromatic nitrogens is 5. The van der Waals surface area contributed by atoms with Gasteiger partial charge in [-0.25, -0.2) is 14.5 Å². The Balaban J connectivity index is 1.42. The van der Waals surface area contributed by atoms with E-state index in [4.69, 9.17) is 16.3 Å². The minimum atomic E-state index is -0.722. The van der Waals surface area contributed by atoms with E-state index < -0.39 is 18.3 Å². The summed E-state index contributed by atoms with van der Waals surface area (Å²) in [5.74, 6) is -0.0510. The molecule has 1 atom stereocenters. The van der Waals surface area contributed by atoms with Crippen LogP contribution >= 0.6 is 11.6 Å². The lowest BCUT2D eigenvalue weighted by Crippen LogP contribution is -2.37. The smallest absolute Gasteiger partial charge is 0.413 e. The summed E-state index contributed by atoms with van der Waals surface area (Å²) in [4.78, 5) is 32.9. The Morgan fingerprint density at radius 2 is 2.03 bits per heavy atom. The Bertz CT molecular complexity index is 1160. The Kier molecular flexibility index (Phi) is 6.52. The van der Waals surface area contributed by atoms with E-state index >= 15 is 0 Å². The van der Waals surface area contributed by atoms with E-state index in [1.807, 2.05) is 0 Å². The number of hydrogen-bond donors (Lipinski definition) is 3. The Morgan fingerprint density at radius 1 is 1.24 bits per heavy atom. The number of aliphatic hydroxyl groups is 1. The highest BCUT2D eigenvalue weighted by Gasteiger charge is 2.33. The molecule has 3 aromatic heterocycles. The van der Waals surface area contributed by atoms with Crippen molar-refractivity contribution in [3.8, 4) is 11.4 Å². The van der Waals surface area contributed by atoms with Crippen molar-refractivity contribution in [2.24, 2.45) is 13.0 Å². The fourth-order valence-electron chi connectivity index (χ4n) is 3.38. The molecule has 0 bridgehead atoms. The van der Waals surface area contributed by atoms with E-state index in [2.05, 4.69) is 30.9 Å². The number of aryl methyl sites for hydroxylation is 1. The molecule has 4 rings (SSSR count). The second-order valence-corrected chi connectivity index (χ2v) is 8.07. The molecule has 1 fully saturated rings. The Labute approximate surface area is 194 Å². The number of hydrogen-bond acceptors (Lipinski definition) is 8. The first-order valence-corrected chi connectivity index (χ1v) is 10.6. The van der Waals surface area contributed by atoms with E-state index in [9.17, 15) is 14.7 Å². The molecule has 11 nitrogen and oxygen atoms in total. The highest BCUT2D eigenvalue weighted by atomic mass is 35.5. The summed E-state index contributed by atoms with van der Waals surface area (Å²) < 4.78 is 6.80. The van der Waals surface area contributed by atoms with Crippen molar-refractivity contribution in [2.75, 3.05) is 10.6 Å². The molecular formula is C21H22ClN7O4. The number of nitrogens with zero attached hydrogens (tertiary/aromatic N) is 5. The summed E-state index contributed by atoms with van der Waals surface area (Å²) in [6.45, 7) is 1.68. The molecule has 3 aromatic rings. The minimum Gasteiger partial charge on any atom is -0.441 e. The topological polar surface area (TPSA) is 144 Å². The van der Waals surface area contributed by atoms with Crippen LogP contribution in [0.2, 0.25) is 5.15 Å². The maximum absolute atomic E-state index is 12.5. The number of ether oxygens (including phenoxy) is 1. The summed E-state index contributed by atoms with van der Waals surface area (Å²) >= 11 is 6.06. The van der Waals surface area contributed by atoms with Gasteiger partial charge in [-0.05, 0) is 38.0 Å². The first-order chi connectivity index (χ1) is 15.8. The lowest BCUT2D eigenvalue weighted by atomic mass is 9.82. The molecule has 0 radical (unpaired) electrons. The lowest BCUT2D eigenvalue weighted by Gasteiger charge is -2.29. The van der Waals surface area contributed by atoms with Crippen molar-refractivity contribution >= 4 is 35.1 Å². The zero-order valence-electron chi connectivity index (χ0n) is 17.9. The van der Waals surface area contributed by atoms with Gasteiger partial charge in [0.1, 0.15) is 11.3 Å². The fourth-order valence-corrected chi connectivity index (χ4v) is 3.65. The van der Waals surface area contributed by atoms with Gasteiger partial charge < -0.3 is 15.2 Å². The average molecular weight is 472 g/mol. The third-order valence-corrected chi connectivity index (χ3v) is 5.63. The molecule has 3 heterocycles. The van der Waals surface area contributed by atoms with Crippen LogP contribution < -0.4 is 10.6 Å². The van der Waals surface area contributed by atoms with Gasteiger partial charge in [0.05, 0.1) is 23.7 Å². The van der Waals surface area contributed by atoms with E-state index in [1.54, 1.807) is 44.4 Å². The lowest BCUT2D eigenvalue weighted by molar-refractivity contribution is -0.126. The summed E-state index contributed by atoms with van der Waals surface area (Å²) in [6, 6.07) is 6.76. The third-order valence-electron chi connectivity index (χ3n) is 5.31. The van der Waals surface area contributed by atoms with E-state index in [1.165, 1.54) is 10.9 Å². The molecule has 0 unspecified atom stereocenters. The van der Waals surface area contributed by atoms with Crippen molar-refractivity contribution in [1.29, 1.82) is 0 Å². The van der Waals surface area contributed by atoms with Gasteiger partial charge in [-0.2, -0.15) is 0 Å². The predicted octanol–water partition coefficient (Wildman–Crippen LogP) is 2.94. The Morgan fingerprint density at radius 3 is 2.70 bits per heavy atom. The number of rotatable bonds is 6. The molecule has 12 heteroatoms. The molecule has 172 valence electrons. The fraction of sp³-hybridized carbons (Fsp3) is 0.333. The SMILES string of the molecule is C[C@@H](OC(=O)Nc1c(-c2ccc(NC(=O)[C@H]3C[C@@H](O)C3)cn2)nnn1C)c1cccnc1Cl. The molecule has 33 heavy (non-hydrogen) atoms. The van der Waals surface area contributed by atoms with E-state index in [0.717, 1.165) is 0 Å². The molecule has 0 saturated heterocycles. The second-order valence-electron chi connectivity index (χ2n) is 7.71. The van der Waals surface area contributed by atoms with Gasteiger partial charge in [-0.1, -0.05) is 22.9 Å². The van der Waals surface area contributed by atoms with Crippen molar-refractivity contribution < 1.29 is 19.4 Å². The number of pyridine rings is 2. The summed E-state index contributed by atoms with van der Waals surface area (Å²) in [5.41, 5.74) is 1.87. The van der Waals surface area contributed by atoms with E-state index in [-0.39, 0.29) is 22.8 Å². The second kappa shape index (κ2) is 9.51. The van der Waals surface area contributed by atoms with Gasteiger partial charge >= 0.3 is 6.09 Å². The average Bonchev–Trinajstić information content (AvgIpc) is 3.12. The van der Waals surface area contributed by atoms with Crippen molar-refractivity contribution in [3.05, 3.63) is 47.4 Å². The highest BCUT2D eigenvalue weighted by Crippen LogP contribution is 2.29. The molecule has 0 spiro atoms. The van der Waals surface area contributed by atoms with Crippen LogP contribution in [-0.2, 0) is 16.6 Å². The van der Waals surface area contributed by atoms with Crippen LogP contribution in [0.5, 0.6) is 0 Å². The molecular weight excluding hydrogens is 450 g/mol. The maximum atomic E-state index is 12.5. The van der Waals surface area contributed by atoms with Crippen LogP contribution in [0, 0.1) is 5.92 Å². The van der Waals surface area contributed by atoms with Crippen LogP contribution in [0.3, 0.4) is 0 Å². The zero-order valence-corrected chi connectivity index (χ0v) is 18.7. The van der Waals surface area contributed by atoms with Gasteiger partial charge in [0, 0.05) is 24.7 Å². The Hall–Kier alpha value is -3.57. The standard InChI is InChI=1S/C21H22ClN7O4/c1-11(15-4-3-7-23-18(15)22)33-21(32)26-19-17(27-28-29(19)2)16-6-5-13(10-24-16)25-20(31)12-8-14(30)9-12/h3-7,10-12,14,30H,8-9H2,1-2H3,(H,25,31)(H,26,32)/t11-,12-,14+/m1/s1. The number of aliphatic hydroxyl groups excluding tert-OH is 1. The summed E-state index contributed by atoms with van der Waals surface area (Å²) in [7, 11) is 1.62. The zero-order chi connectivity index (χ0) is 23.5. The molecule has 3 N–H and O–H groups in total. The van der Waals surface area contributed by atoms with Crippen molar-refractivity contribution in [3.63, 3.8) is 0 Å². The van der Waals surface area contributed by atoms with Crippen molar-refractivity contribution in [1.82, 2.24) is 25.0 Å². The van der Waals surface area contributed by atoms with Crippen LogP contribution in [0.1, 0.15) is 31.4 Å². The number of anilines is 2. The quantitative estimate of drug-likeness (QED) is 0.465. The molecule has 0 aliphatic heterocycles. The number of carbonyl (C=O) groups is 2. The normalized spacial score (nSPS) is 18.2. The molecule has 0 aromatic carbocycles. The number of amides is 2. The van der Waals surface area contributed by atoms with Gasteiger partial charge in [0.2, 0.25) is 5.91 Å². The third kappa shape index (κ3) is 5.10. The van der Waals surface area contributed by atoms with Gasteiger partial charge in [-0.15, -0.1) is 5.10 Å². The van der Waals surface area contributed by atoms with Gasteiger partial charge in [-0.3, -0.25) is 15.1 Å². The maximum Gasteiger partial charge on any atom is 0.413 e. The van der Waals surface area contributed by atoms with Crippen molar-refractivity contribution in [2.45, 2.75) is 32.0 Å². The predicted molar refractivity (Wildman–Crippen MR) is 119 cm³/mol. The van der Waals surface area contributed by atoms with Gasteiger partial charge in [0.15, 0.2) is 11.5 Å². The summed E-state index contributed by atoms with van der Waals surface area (Å²) in [5, 5.41) is 23.0. The molecule has 1 aliphatic carbocycles. The number of nitrogens with one attached hydrogen (secondary N) is 2. The van der Waals surface area contributed by atoms with Crippen LogP contribution in [0.4, 0.5) is 16.3 Å². The largest absolute Gasteiger partial charge is 0.441 e. The van der Waals surface area contributed by atoms with Crippen LogP contribution in [-0.4, -0.2) is 48.2 Å². The highest BCUT2D eigenvalue weighted by molar-refractivity contribution is 6.30. The van der Waals surface area contributed by atoms with Gasteiger partial charge in [0.25, 0.3) is 0 Å². The summed E-state index contributed by atoms with van der Waals surface area (Å²) in [6.07, 6.45) is 2.22. The molecule has 1 aliphatic rings.